The number of hydrogen-bond donors (Lipinski definition) is 6. The van der Waals surface area contributed by atoms with Crippen molar-refractivity contribution >= 4 is 69.4 Å². The van der Waals surface area contributed by atoms with Gasteiger partial charge in [0.1, 0.15) is 0 Å². The molecule has 0 atom stereocenters. The molecule has 0 saturated heterocycles. The van der Waals surface area contributed by atoms with Crippen molar-refractivity contribution in [3.63, 3.8) is 0 Å². The van der Waals surface area contributed by atoms with Gasteiger partial charge in [-0.25, -0.2) is 15.4 Å². The SMILES string of the molecule is C1=Cc2cc3ccc(cc4ccc(cc5nc(cc1n2)C=C5)[nH]4)[nH]3.CCCCCCCCCCNNNN.[H-].[H-].[Mg+2]. The molecule has 0 spiro atoms. The van der Waals surface area contributed by atoms with Crippen LogP contribution in [-0.2, 0) is 0 Å². The van der Waals surface area contributed by atoms with Gasteiger partial charge in [-0.3, -0.25) is 5.84 Å². The number of aromatic nitrogens is 4. The number of nitrogens with one attached hydrogen (secondary N) is 5. The van der Waals surface area contributed by atoms with E-state index in [1.54, 1.807) is 0 Å². The summed E-state index contributed by atoms with van der Waals surface area (Å²) < 4.78 is 0. The van der Waals surface area contributed by atoms with E-state index in [4.69, 9.17) is 5.84 Å². The second-order valence-corrected chi connectivity index (χ2v) is 9.58. The topological polar surface area (TPSA) is 119 Å². The average Bonchev–Trinajstić information content (AvgIpc) is 3.72. The van der Waals surface area contributed by atoms with Gasteiger partial charge in [0.2, 0.25) is 0 Å². The molecule has 0 aliphatic carbocycles. The number of aromatic amines is 2. The summed E-state index contributed by atoms with van der Waals surface area (Å²) in [6.45, 7) is 3.23. The first-order valence-electron chi connectivity index (χ1n) is 13.7. The van der Waals surface area contributed by atoms with Gasteiger partial charge in [-0.15, -0.1) is 0 Å². The minimum absolute atomic E-state index is 0. The molecule has 39 heavy (non-hydrogen) atoms. The third kappa shape index (κ3) is 10.7. The molecule has 0 fully saturated rings. The predicted octanol–water partition coefficient (Wildman–Crippen LogP) is 6.10. The van der Waals surface area contributed by atoms with Crippen LogP contribution >= 0.6 is 0 Å². The summed E-state index contributed by atoms with van der Waals surface area (Å²) in [7, 11) is 0. The van der Waals surface area contributed by atoms with Crippen molar-refractivity contribution in [1.29, 1.82) is 0 Å². The van der Waals surface area contributed by atoms with Crippen molar-refractivity contribution in [3.05, 3.63) is 71.3 Å². The van der Waals surface area contributed by atoms with Crippen LogP contribution in [0.1, 0.15) is 83.9 Å². The van der Waals surface area contributed by atoms with E-state index < -0.39 is 0 Å². The Bertz CT molecular complexity index is 1280. The zero-order valence-corrected chi connectivity index (χ0v) is 24.4. The Hall–Kier alpha value is -2.79. The molecular formula is C30H42MgN8. The van der Waals surface area contributed by atoms with E-state index in [2.05, 4.69) is 73.7 Å². The number of hydrazine groups is 3. The summed E-state index contributed by atoms with van der Waals surface area (Å²) in [5.74, 6) is 5.01. The molecule has 7 N–H and O–H groups in total. The summed E-state index contributed by atoms with van der Waals surface area (Å²) in [6.07, 6.45) is 18.9. The Labute approximate surface area is 250 Å². The molecule has 8 nitrogen and oxygen atoms in total. The van der Waals surface area contributed by atoms with Crippen LogP contribution in [0.4, 0.5) is 0 Å². The average molecular weight is 539 g/mol. The standard InChI is InChI=1S/C20H14N4.C10H26N4.Mg.2H/c1-2-14-10-16-5-6-18(23-16)12-20-8-7-19(24-20)11-17-4-3-15(22-17)9-13(1)21-14;1-2-3-4-5-6-7-8-9-10-12-14-13-11;;;/h1-12,21-22H;12-14H,2-11H2,1H3;;;/q;;+2;2*-1. The van der Waals surface area contributed by atoms with Crippen LogP contribution in [0.2, 0.25) is 0 Å². The Morgan fingerprint density at radius 1 is 0.641 bits per heavy atom. The van der Waals surface area contributed by atoms with E-state index in [0.717, 1.165) is 51.4 Å². The largest absolute Gasteiger partial charge is 2.00 e. The predicted molar refractivity (Wildman–Crippen MR) is 168 cm³/mol. The van der Waals surface area contributed by atoms with Gasteiger partial charge in [-0.1, -0.05) is 51.9 Å². The zero-order valence-electron chi connectivity index (χ0n) is 25.0. The first kappa shape index (κ1) is 30.7. The third-order valence-corrected chi connectivity index (χ3v) is 6.36. The minimum atomic E-state index is 0. The van der Waals surface area contributed by atoms with E-state index in [-0.39, 0.29) is 25.9 Å². The molecule has 0 saturated carbocycles. The van der Waals surface area contributed by atoms with Crippen molar-refractivity contribution in [1.82, 2.24) is 36.4 Å². The minimum Gasteiger partial charge on any atom is -1.00 e. The maximum absolute atomic E-state index is 5.01. The van der Waals surface area contributed by atoms with Gasteiger partial charge in [0.25, 0.3) is 0 Å². The second-order valence-electron chi connectivity index (χ2n) is 9.58. The van der Waals surface area contributed by atoms with Crippen molar-refractivity contribution in [2.24, 2.45) is 5.84 Å². The summed E-state index contributed by atoms with van der Waals surface area (Å²) >= 11 is 0. The monoisotopic (exact) mass is 538 g/mol. The second kappa shape index (κ2) is 17.0. The van der Waals surface area contributed by atoms with Gasteiger partial charge in [0, 0.05) is 28.6 Å². The Kier molecular flexibility index (Phi) is 13.4. The van der Waals surface area contributed by atoms with Crippen molar-refractivity contribution < 1.29 is 2.85 Å². The quantitative estimate of drug-likeness (QED) is 0.0523. The molecule has 0 aromatic carbocycles. The van der Waals surface area contributed by atoms with E-state index in [1.807, 2.05) is 42.5 Å². The normalized spacial score (nSPS) is 11.6. The fraction of sp³-hybridized carbons (Fsp3) is 0.333. The molecule has 5 rings (SSSR count). The van der Waals surface area contributed by atoms with Crippen LogP contribution in [0, 0.1) is 0 Å². The van der Waals surface area contributed by atoms with E-state index in [0.29, 0.717) is 0 Å². The first-order chi connectivity index (χ1) is 18.7. The number of H-pyrrole nitrogens is 2. The van der Waals surface area contributed by atoms with Gasteiger partial charge >= 0.3 is 23.1 Å². The van der Waals surface area contributed by atoms with Crippen LogP contribution in [-0.4, -0.2) is 49.5 Å². The van der Waals surface area contributed by atoms with Gasteiger partial charge in [0.05, 0.1) is 22.8 Å². The molecule has 204 valence electrons. The summed E-state index contributed by atoms with van der Waals surface area (Å²) in [5, 5.41) is 0. The number of hydrogen-bond acceptors (Lipinski definition) is 6. The molecule has 2 aliphatic heterocycles. The third-order valence-electron chi connectivity index (χ3n) is 6.36. The number of unbranched alkanes of at least 4 members (excludes halogenated alkanes) is 7. The van der Waals surface area contributed by atoms with Crippen LogP contribution in [0.15, 0.2) is 48.5 Å². The van der Waals surface area contributed by atoms with Crippen molar-refractivity contribution in [2.75, 3.05) is 6.54 Å². The molecule has 2 aliphatic rings. The van der Waals surface area contributed by atoms with Gasteiger partial charge in [-0.2, -0.15) is 11.1 Å². The van der Waals surface area contributed by atoms with Crippen LogP contribution in [0.25, 0.3) is 46.4 Å². The number of rotatable bonds is 11. The van der Waals surface area contributed by atoms with Crippen molar-refractivity contribution in [3.8, 4) is 0 Å². The van der Waals surface area contributed by atoms with Gasteiger partial charge < -0.3 is 12.8 Å². The smallest absolute Gasteiger partial charge is 1.00 e. The molecule has 3 aromatic rings. The molecule has 3 aromatic heterocycles. The summed E-state index contributed by atoms with van der Waals surface area (Å²) in [5.41, 5.74) is 15.8. The zero-order chi connectivity index (χ0) is 26.4. The Morgan fingerprint density at radius 3 is 1.56 bits per heavy atom. The summed E-state index contributed by atoms with van der Waals surface area (Å²) in [4.78, 5) is 16.0. The molecule has 8 bridgehead atoms. The maximum atomic E-state index is 5.01. The molecular weight excluding hydrogens is 497 g/mol. The molecule has 5 heterocycles. The molecule has 0 unspecified atom stereocenters. The molecule has 0 amide bonds. The maximum Gasteiger partial charge on any atom is 2.00 e. The van der Waals surface area contributed by atoms with E-state index in [1.165, 1.54) is 51.4 Å². The molecule has 0 radical (unpaired) electrons. The number of nitrogens with zero attached hydrogens (tertiary/aromatic N) is 2. The van der Waals surface area contributed by atoms with Crippen LogP contribution in [0.3, 0.4) is 0 Å². The Balaban J connectivity index is 0.000000436. The van der Waals surface area contributed by atoms with Gasteiger partial charge in [-0.05, 0) is 79.3 Å². The van der Waals surface area contributed by atoms with E-state index >= 15 is 0 Å². The number of fused-ring (bicyclic) bond motifs is 8. The van der Waals surface area contributed by atoms with Gasteiger partial charge in [0.15, 0.2) is 0 Å². The first-order valence-corrected chi connectivity index (χ1v) is 13.7. The fourth-order valence-corrected chi connectivity index (χ4v) is 4.40. The van der Waals surface area contributed by atoms with E-state index in [9.17, 15) is 0 Å². The Morgan fingerprint density at radius 2 is 1.08 bits per heavy atom. The van der Waals surface area contributed by atoms with Crippen LogP contribution in [0.5, 0.6) is 0 Å². The number of nitrogens with two attached hydrogens (primary N) is 1. The fourth-order valence-electron chi connectivity index (χ4n) is 4.40. The van der Waals surface area contributed by atoms with Crippen molar-refractivity contribution in [2.45, 2.75) is 58.3 Å². The summed E-state index contributed by atoms with van der Waals surface area (Å²) in [6, 6.07) is 16.4. The van der Waals surface area contributed by atoms with Crippen LogP contribution < -0.4 is 22.3 Å². The molecule has 9 heteroatoms.